The molecule has 1 atom stereocenters. The highest BCUT2D eigenvalue weighted by Crippen LogP contribution is 2.16. The number of rotatable bonds is 4. The molecule has 1 unspecified atom stereocenters. The van der Waals surface area contributed by atoms with Crippen molar-refractivity contribution in [2.75, 3.05) is 13.2 Å². The summed E-state index contributed by atoms with van der Waals surface area (Å²) in [6.45, 7) is 1.09. The van der Waals surface area contributed by atoms with Crippen molar-refractivity contribution in [1.29, 1.82) is 0 Å². The average molecular weight is 254 g/mol. The highest BCUT2D eigenvalue weighted by molar-refractivity contribution is 6.58. The van der Waals surface area contributed by atoms with Crippen LogP contribution in [-0.4, -0.2) is 36.5 Å². The van der Waals surface area contributed by atoms with Gasteiger partial charge in [0.15, 0.2) is 0 Å². The average Bonchev–Trinajstić information content (AvgIpc) is 2.37. The van der Waals surface area contributed by atoms with Crippen LogP contribution < -0.4 is 10.2 Å². The van der Waals surface area contributed by atoms with Gasteiger partial charge in [-0.15, -0.1) is 0 Å². The minimum Gasteiger partial charge on any atom is -0.491 e. The minimum absolute atomic E-state index is 0.0320. The molecule has 1 heterocycles. The summed E-state index contributed by atoms with van der Waals surface area (Å²) in [7, 11) is -1.70. The SMILES string of the molecule is OB(O)c1cc(F)cc(OCC2CCCCO2)c1. The van der Waals surface area contributed by atoms with Gasteiger partial charge >= 0.3 is 7.12 Å². The summed E-state index contributed by atoms with van der Waals surface area (Å²) in [5.74, 6) is -0.271. The van der Waals surface area contributed by atoms with Crippen molar-refractivity contribution in [2.24, 2.45) is 0 Å². The van der Waals surface area contributed by atoms with E-state index in [4.69, 9.17) is 19.5 Å². The zero-order valence-electron chi connectivity index (χ0n) is 10.0. The van der Waals surface area contributed by atoms with Crippen molar-refractivity contribution in [3.05, 3.63) is 24.0 Å². The third-order valence-corrected chi connectivity index (χ3v) is 2.90. The first kappa shape index (κ1) is 13.3. The molecule has 1 aromatic carbocycles. The maximum absolute atomic E-state index is 13.2. The van der Waals surface area contributed by atoms with Crippen LogP contribution in [0.15, 0.2) is 18.2 Å². The van der Waals surface area contributed by atoms with Gasteiger partial charge in [-0.1, -0.05) is 0 Å². The fourth-order valence-electron chi connectivity index (χ4n) is 1.94. The Labute approximate surface area is 105 Å². The molecule has 0 bridgehead atoms. The van der Waals surface area contributed by atoms with Crippen LogP contribution in [0.25, 0.3) is 0 Å². The fourth-order valence-corrected chi connectivity index (χ4v) is 1.94. The smallest absolute Gasteiger partial charge is 0.488 e. The van der Waals surface area contributed by atoms with Crippen molar-refractivity contribution in [3.8, 4) is 5.75 Å². The van der Waals surface area contributed by atoms with Gasteiger partial charge in [0.1, 0.15) is 18.2 Å². The van der Waals surface area contributed by atoms with E-state index >= 15 is 0 Å². The van der Waals surface area contributed by atoms with E-state index in [1.807, 2.05) is 0 Å². The largest absolute Gasteiger partial charge is 0.491 e. The molecule has 1 saturated heterocycles. The minimum atomic E-state index is -1.70. The van der Waals surface area contributed by atoms with Gasteiger partial charge in [0, 0.05) is 12.7 Å². The molecular formula is C12H16BFO4. The third-order valence-electron chi connectivity index (χ3n) is 2.90. The molecule has 0 aliphatic carbocycles. The second-order valence-corrected chi connectivity index (χ2v) is 4.39. The van der Waals surface area contributed by atoms with E-state index in [0.717, 1.165) is 31.9 Å². The van der Waals surface area contributed by atoms with Crippen molar-refractivity contribution in [2.45, 2.75) is 25.4 Å². The van der Waals surface area contributed by atoms with E-state index < -0.39 is 12.9 Å². The molecule has 2 N–H and O–H groups in total. The Morgan fingerprint density at radius 2 is 2.17 bits per heavy atom. The first-order valence-electron chi connectivity index (χ1n) is 6.06. The molecule has 0 aromatic heterocycles. The van der Waals surface area contributed by atoms with Crippen molar-refractivity contribution in [1.82, 2.24) is 0 Å². The Morgan fingerprint density at radius 3 is 2.83 bits per heavy atom. The van der Waals surface area contributed by atoms with Crippen LogP contribution in [0.1, 0.15) is 19.3 Å². The van der Waals surface area contributed by atoms with Crippen molar-refractivity contribution < 1.29 is 23.9 Å². The molecule has 1 aromatic rings. The van der Waals surface area contributed by atoms with Crippen LogP contribution in [0, 0.1) is 5.82 Å². The normalized spacial score (nSPS) is 19.6. The fraction of sp³-hybridized carbons (Fsp3) is 0.500. The summed E-state index contributed by atoms with van der Waals surface area (Å²) >= 11 is 0. The van der Waals surface area contributed by atoms with Gasteiger partial charge < -0.3 is 19.5 Å². The maximum atomic E-state index is 13.2. The molecule has 1 aliphatic heterocycles. The third kappa shape index (κ3) is 3.70. The molecular weight excluding hydrogens is 238 g/mol. The quantitative estimate of drug-likeness (QED) is 0.766. The van der Waals surface area contributed by atoms with E-state index in [1.54, 1.807) is 0 Å². The lowest BCUT2D eigenvalue weighted by Crippen LogP contribution is -2.30. The van der Waals surface area contributed by atoms with Crippen molar-refractivity contribution in [3.63, 3.8) is 0 Å². The first-order chi connectivity index (χ1) is 8.65. The summed E-state index contributed by atoms with van der Waals surface area (Å²) in [5, 5.41) is 18.0. The van der Waals surface area contributed by atoms with Gasteiger partial charge in [0.2, 0.25) is 0 Å². The predicted molar refractivity (Wildman–Crippen MR) is 65.3 cm³/mol. The van der Waals surface area contributed by atoms with Gasteiger partial charge in [-0.2, -0.15) is 0 Å². The number of benzene rings is 1. The summed E-state index contributed by atoms with van der Waals surface area (Å²) in [4.78, 5) is 0. The molecule has 1 fully saturated rings. The van der Waals surface area contributed by atoms with Gasteiger partial charge in [-0.05, 0) is 36.9 Å². The van der Waals surface area contributed by atoms with Gasteiger partial charge in [-0.25, -0.2) is 4.39 Å². The number of hydrogen-bond acceptors (Lipinski definition) is 4. The van der Waals surface area contributed by atoms with E-state index in [2.05, 4.69) is 0 Å². The van der Waals surface area contributed by atoms with Crippen LogP contribution in [0.4, 0.5) is 4.39 Å². The van der Waals surface area contributed by atoms with Crippen LogP contribution in [-0.2, 0) is 4.74 Å². The first-order valence-corrected chi connectivity index (χ1v) is 6.06. The van der Waals surface area contributed by atoms with Crippen LogP contribution >= 0.6 is 0 Å². The van der Waals surface area contributed by atoms with Crippen LogP contribution in [0.3, 0.4) is 0 Å². The number of ether oxygens (including phenoxy) is 2. The number of halogens is 1. The van der Waals surface area contributed by atoms with Crippen molar-refractivity contribution >= 4 is 12.6 Å². The molecule has 2 rings (SSSR count). The highest BCUT2D eigenvalue weighted by atomic mass is 19.1. The van der Waals surface area contributed by atoms with E-state index in [1.165, 1.54) is 12.1 Å². The Balaban J connectivity index is 1.95. The summed E-state index contributed by atoms with van der Waals surface area (Å²) in [5.41, 5.74) is 0.0783. The van der Waals surface area contributed by atoms with E-state index in [0.29, 0.717) is 6.61 Å². The van der Waals surface area contributed by atoms with E-state index in [9.17, 15) is 4.39 Å². The second-order valence-electron chi connectivity index (χ2n) is 4.39. The summed E-state index contributed by atoms with van der Waals surface area (Å²) in [6, 6.07) is 3.69. The molecule has 0 amide bonds. The van der Waals surface area contributed by atoms with Gasteiger partial charge in [-0.3, -0.25) is 0 Å². The zero-order valence-corrected chi connectivity index (χ0v) is 10.0. The Bertz CT molecular complexity index is 394. The zero-order chi connectivity index (χ0) is 13.0. The molecule has 4 nitrogen and oxygen atoms in total. The highest BCUT2D eigenvalue weighted by Gasteiger charge is 2.16. The molecule has 98 valence electrons. The van der Waals surface area contributed by atoms with Crippen LogP contribution in [0.2, 0.25) is 0 Å². The molecule has 1 aliphatic rings. The Morgan fingerprint density at radius 1 is 1.33 bits per heavy atom. The van der Waals surface area contributed by atoms with Gasteiger partial charge in [0.05, 0.1) is 6.10 Å². The molecule has 0 radical (unpaired) electrons. The monoisotopic (exact) mass is 254 g/mol. The van der Waals surface area contributed by atoms with E-state index in [-0.39, 0.29) is 17.3 Å². The second kappa shape index (κ2) is 6.18. The lowest BCUT2D eigenvalue weighted by atomic mass is 9.80. The Kier molecular flexibility index (Phi) is 4.57. The van der Waals surface area contributed by atoms with Gasteiger partial charge in [0.25, 0.3) is 0 Å². The topological polar surface area (TPSA) is 58.9 Å². The molecule has 0 spiro atoms. The summed E-state index contributed by atoms with van der Waals surface area (Å²) in [6.07, 6.45) is 3.14. The molecule has 0 saturated carbocycles. The maximum Gasteiger partial charge on any atom is 0.488 e. The number of hydrogen-bond donors (Lipinski definition) is 2. The molecule has 18 heavy (non-hydrogen) atoms. The lowest BCUT2D eigenvalue weighted by Gasteiger charge is -2.22. The Hall–Kier alpha value is -1.11. The predicted octanol–water partition coefficient (Wildman–Crippen LogP) is 0.453. The standard InChI is InChI=1S/C12H16BFO4/c14-10-5-9(13(15)16)6-12(7-10)18-8-11-3-1-2-4-17-11/h5-7,11,15-16H,1-4,8H2. The molecule has 6 heteroatoms. The summed E-state index contributed by atoms with van der Waals surface area (Å²) < 4.78 is 24.1. The van der Waals surface area contributed by atoms with Crippen LogP contribution in [0.5, 0.6) is 5.75 Å². The lowest BCUT2D eigenvalue weighted by molar-refractivity contribution is -0.0111.